The van der Waals surface area contributed by atoms with Crippen LogP contribution < -0.4 is 4.72 Å². The van der Waals surface area contributed by atoms with Gasteiger partial charge in [0.2, 0.25) is 15.9 Å². The fourth-order valence-corrected chi connectivity index (χ4v) is 5.15. The van der Waals surface area contributed by atoms with Crippen molar-refractivity contribution in [3.8, 4) is 0 Å². The summed E-state index contributed by atoms with van der Waals surface area (Å²) in [5, 5.41) is 13.2. The molecule has 1 saturated carbocycles. The first-order chi connectivity index (χ1) is 14.0. The largest absolute Gasteiger partial charge is 0.481 e. The van der Waals surface area contributed by atoms with Crippen LogP contribution in [-0.4, -0.2) is 35.4 Å². The van der Waals surface area contributed by atoms with Crippen molar-refractivity contribution >= 4 is 16.0 Å². The second-order valence-corrected chi connectivity index (χ2v) is 11.6. The number of carboxylic acid groups (broad SMARTS) is 1. The molecule has 0 radical (unpaired) electrons. The summed E-state index contributed by atoms with van der Waals surface area (Å²) < 4.78 is 30.9. The van der Waals surface area contributed by atoms with E-state index in [2.05, 4.69) is 35.6 Å². The molecular formula is C21H37N3O5S. The van der Waals surface area contributed by atoms with Crippen molar-refractivity contribution in [2.45, 2.75) is 97.9 Å². The summed E-state index contributed by atoms with van der Waals surface area (Å²) in [6.07, 6.45) is 8.81. The lowest BCUT2D eigenvalue weighted by molar-refractivity contribution is -0.137. The highest BCUT2D eigenvalue weighted by atomic mass is 32.2. The minimum Gasteiger partial charge on any atom is -0.481 e. The maximum absolute atomic E-state index is 11.6. The van der Waals surface area contributed by atoms with Gasteiger partial charge in [0.25, 0.3) is 0 Å². The molecule has 2 N–H and O–H groups in total. The van der Waals surface area contributed by atoms with Crippen LogP contribution in [0.1, 0.15) is 103 Å². The normalized spacial score (nSPS) is 18.3. The van der Waals surface area contributed by atoms with Crippen LogP contribution in [0.5, 0.6) is 0 Å². The number of aliphatic carboxylic acids is 1. The van der Waals surface area contributed by atoms with E-state index in [1.165, 1.54) is 32.1 Å². The average Bonchev–Trinajstić information content (AvgIpc) is 3.14. The smallest absolute Gasteiger partial charge is 0.304 e. The molecule has 0 amide bonds. The van der Waals surface area contributed by atoms with E-state index in [0.29, 0.717) is 6.42 Å². The summed E-state index contributed by atoms with van der Waals surface area (Å²) in [5.74, 6) is -0.816. The van der Waals surface area contributed by atoms with Gasteiger partial charge in [0.1, 0.15) is 0 Å². The predicted octanol–water partition coefficient (Wildman–Crippen LogP) is 4.23. The quantitative estimate of drug-likeness (QED) is 0.524. The van der Waals surface area contributed by atoms with Gasteiger partial charge in [0.05, 0.1) is 18.7 Å². The standard InChI is InChI=1S/C21H37N3O5S/c1-5-30(27,28)22-15-17-23-19(29-24-17)16(14-18(25)26)10-9-13-21(20(2,3)4)11-7-6-8-12-21/h16,22H,5-15H2,1-4H3,(H,25,26). The Kier molecular flexibility index (Phi) is 8.44. The molecule has 0 spiro atoms. The molecule has 1 aliphatic rings. The van der Waals surface area contributed by atoms with Gasteiger partial charge in [-0.1, -0.05) is 51.6 Å². The number of hydrogen-bond donors (Lipinski definition) is 2. The summed E-state index contributed by atoms with van der Waals surface area (Å²) in [7, 11) is -3.36. The summed E-state index contributed by atoms with van der Waals surface area (Å²) in [6, 6.07) is 0. The van der Waals surface area contributed by atoms with Gasteiger partial charge in [0.15, 0.2) is 5.82 Å². The van der Waals surface area contributed by atoms with E-state index in [0.717, 1.165) is 12.8 Å². The number of hydrogen-bond acceptors (Lipinski definition) is 6. The lowest BCUT2D eigenvalue weighted by atomic mass is 9.57. The Bertz CT molecular complexity index is 792. The zero-order valence-electron chi connectivity index (χ0n) is 18.7. The maximum Gasteiger partial charge on any atom is 0.304 e. The Labute approximate surface area is 180 Å². The third-order valence-electron chi connectivity index (χ3n) is 6.69. The number of nitrogens with zero attached hydrogens (tertiary/aromatic N) is 2. The molecule has 0 saturated heterocycles. The van der Waals surface area contributed by atoms with E-state index in [9.17, 15) is 18.3 Å². The third-order valence-corrected chi connectivity index (χ3v) is 8.04. The molecule has 1 unspecified atom stereocenters. The van der Waals surface area contributed by atoms with Gasteiger partial charge in [-0.05, 0) is 43.4 Å². The lowest BCUT2D eigenvalue weighted by Crippen LogP contribution is -2.37. The van der Waals surface area contributed by atoms with Crippen LogP contribution in [0.15, 0.2) is 4.52 Å². The first-order valence-electron chi connectivity index (χ1n) is 11.0. The second-order valence-electron chi connectivity index (χ2n) is 9.55. The SMILES string of the molecule is CCS(=O)(=O)NCc1noc(C(CCCC2(C(C)(C)C)CCCCC2)CC(=O)O)n1. The molecule has 1 heterocycles. The van der Waals surface area contributed by atoms with E-state index in [1.807, 2.05) is 0 Å². The van der Waals surface area contributed by atoms with Crippen LogP contribution in [0.2, 0.25) is 0 Å². The van der Waals surface area contributed by atoms with Crippen molar-refractivity contribution in [3.05, 3.63) is 11.7 Å². The van der Waals surface area contributed by atoms with Crippen molar-refractivity contribution in [1.82, 2.24) is 14.9 Å². The van der Waals surface area contributed by atoms with Crippen molar-refractivity contribution in [3.63, 3.8) is 0 Å². The van der Waals surface area contributed by atoms with Crippen LogP contribution in [-0.2, 0) is 21.4 Å². The molecule has 1 atom stereocenters. The number of rotatable bonds is 11. The topological polar surface area (TPSA) is 122 Å². The summed E-state index contributed by atoms with van der Waals surface area (Å²) in [6.45, 7) is 8.42. The van der Waals surface area contributed by atoms with Gasteiger partial charge in [-0.15, -0.1) is 0 Å². The molecule has 2 rings (SSSR count). The van der Waals surface area contributed by atoms with Crippen molar-refractivity contribution in [2.75, 3.05) is 5.75 Å². The predicted molar refractivity (Wildman–Crippen MR) is 114 cm³/mol. The second kappa shape index (κ2) is 10.2. The monoisotopic (exact) mass is 443 g/mol. The minimum absolute atomic E-state index is 0.0329. The molecule has 1 aromatic rings. The van der Waals surface area contributed by atoms with E-state index < -0.39 is 16.0 Å². The van der Waals surface area contributed by atoms with Crippen molar-refractivity contribution in [1.29, 1.82) is 0 Å². The first-order valence-corrected chi connectivity index (χ1v) is 12.6. The Morgan fingerprint density at radius 1 is 1.27 bits per heavy atom. The van der Waals surface area contributed by atoms with Crippen LogP contribution in [0.3, 0.4) is 0 Å². The van der Waals surface area contributed by atoms with Crippen LogP contribution >= 0.6 is 0 Å². The van der Waals surface area contributed by atoms with Gasteiger partial charge < -0.3 is 9.63 Å². The van der Waals surface area contributed by atoms with Crippen LogP contribution in [0.25, 0.3) is 0 Å². The Balaban J connectivity index is 2.03. The molecule has 8 nitrogen and oxygen atoms in total. The Morgan fingerprint density at radius 2 is 1.93 bits per heavy atom. The van der Waals surface area contributed by atoms with Gasteiger partial charge >= 0.3 is 5.97 Å². The van der Waals surface area contributed by atoms with E-state index in [-0.39, 0.29) is 47.2 Å². The number of carboxylic acids is 1. The molecule has 0 aromatic carbocycles. The first kappa shape index (κ1) is 24.8. The third kappa shape index (κ3) is 6.77. The molecule has 1 aliphatic carbocycles. The van der Waals surface area contributed by atoms with Gasteiger partial charge in [0, 0.05) is 5.92 Å². The number of nitrogens with one attached hydrogen (secondary N) is 1. The van der Waals surface area contributed by atoms with Crippen LogP contribution in [0.4, 0.5) is 0 Å². The molecule has 172 valence electrons. The zero-order chi connectivity index (χ0) is 22.4. The Morgan fingerprint density at radius 3 is 2.50 bits per heavy atom. The average molecular weight is 444 g/mol. The van der Waals surface area contributed by atoms with Crippen LogP contribution in [0, 0.1) is 10.8 Å². The van der Waals surface area contributed by atoms with Crippen molar-refractivity contribution in [2.24, 2.45) is 10.8 Å². The van der Waals surface area contributed by atoms with Gasteiger partial charge in [-0.25, -0.2) is 13.1 Å². The van der Waals surface area contributed by atoms with Gasteiger partial charge in [-0.3, -0.25) is 4.79 Å². The highest BCUT2D eigenvalue weighted by Gasteiger charge is 2.41. The lowest BCUT2D eigenvalue weighted by Gasteiger charge is -2.48. The molecule has 1 aromatic heterocycles. The summed E-state index contributed by atoms with van der Waals surface area (Å²) in [5.41, 5.74) is 0.501. The molecule has 9 heteroatoms. The maximum atomic E-state index is 11.6. The summed E-state index contributed by atoms with van der Waals surface area (Å²) in [4.78, 5) is 15.7. The van der Waals surface area contributed by atoms with Gasteiger partial charge in [-0.2, -0.15) is 4.98 Å². The van der Waals surface area contributed by atoms with E-state index in [1.54, 1.807) is 6.92 Å². The highest BCUT2D eigenvalue weighted by molar-refractivity contribution is 7.89. The fraction of sp³-hybridized carbons (Fsp3) is 0.857. The Hall–Kier alpha value is -1.48. The fourth-order valence-electron chi connectivity index (χ4n) is 4.60. The molecule has 30 heavy (non-hydrogen) atoms. The molecular weight excluding hydrogens is 406 g/mol. The molecule has 0 aliphatic heterocycles. The minimum atomic E-state index is -3.36. The molecule has 0 bridgehead atoms. The van der Waals surface area contributed by atoms with E-state index in [4.69, 9.17) is 4.52 Å². The summed E-state index contributed by atoms with van der Waals surface area (Å²) >= 11 is 0. The zero-order valence-corrected chi connectivity index (χ0v) is 19.6. The number of aromatic nitrogens is 2. The van der Waals surface area contributed by atoms with E-state index >= 15 is 0 Å². The molecule has 1 fully saturated rings. The highest BCUT2D eigenvalue weighted by Crippen LogP contribution is 2.53. The number of sulfonamides is 1. The number of carbonyl (C=O) groups is 1. The van der Waals surface area contributed by atoms with Crippen molar-refractivity contribution < 1.29 is 22.8 Å².